The summed E-state index contributed by atoms with van der Waals surface area (Å²) >= 11 is 0. The SMILES string of the molecule is COC(=O)C1=C(C)NC(C)=C(C(=O)OC)C1c1nonc1-c1ccccc1. The number of benzene rings is 1. The molecule has 2 heterocycles. The number of rotatable bonds is 4. The van der Waals surface area contributed by atoms with E-state index in [-0.39, 0.29) is 11.1 Å². The molecule has 0 aliphatic carbocycles. The van der Waals surface area contributed by atoms with Crippen molar-refractivity contribution >= 4 is 11.9 Å². The topological polar surface area (TPSA) is 104 Å². The van der Waals surface area contributed by atoms with E-state index in [1.54, 1.807) is 13.8 Å². The van der Waals surface area contributed by atoms with E-state index >= 15 is 0 Å². The molecular formula is C19H19N3O5. The molecule has 3 rings (SSSR count). The van der Waals surface area contributed by atoms with E-state index < -0.39 is 17.9 Å². The van der Waals surface area contributed by atoms with Crippen molar-refractivity contribution in [3.63, 3.8) is 0 Å². The highest BCUT2D eigenvalue weighted by molar-refractivity contribution is 6.00. The van der Waals surface area contributed by atoms with Crippen molar-refractivity contribution in [3.8, 4) is 11.3 Å². The second kappa shape index (κ2) is 7.45. The predicted octanol–water partition coefficient (Wildman–Crippen LogP) is 2.32. The molecule has 1 aliphatic heterocycles. The van der Waals surface area contributed by atoms with Gasteiger partial charge in [0, 0.05) is 17.0 Å². The Hall–Kier alpha value is -3.42. The van der Waals surface area contributed by atoms with Gasteiger partial charge in [-0.05, 0) is 19.0 Å². The van der Waals surface area contributed by atoms with Crippen LogP contribution in [0.3, 0.4) is 0 Å². The molecule has 1 aromatic carbocycles. The van der Waals surface area contributed by atoms with Gasteiger partial charge in [-0.15, -0.1) is 0 Å². The molecule has 27 heavy (non-hydrogen) atoms. The first-order valence-electron chi connectivity index (χ1n) is 8.22. The van der Waals surface area contributed by atoms with Crippen molar-refractivity contribution in [2.45, 2.75) is 19.8 Å². The van der Waals surface area contributed by atoms with E-state index in [2.05, 4.69) is 15.6 Å². The number of allylic oxidation sites excluding steroid dienone is 2. The van der Waals surface area contributed by atoms with Gasteiger partial charge < -0.3 is 14.8 Å². The molecule has 0 spiro atoms. The summed E-state index contributed by atoms with van der Waals surface area (Å²) in [4.78, 5) is 25.0. The molecule has 0 unspecified atom stereocenters. The van der Waals surface area contributed by atoms with Gasteiger partial charge in [0.25, 0.3) is 0 Å². The number of dihydropyridines is 1. The van der Waals surface area contributed by atoms with Crippen molar-refractivity contribution in [1.82, 2.24) is 15.6 Å². The van der Waals surface area contributed by atoms with E-state index in [9.17, 15) is 9.59 Å². The molecule has 8 nitrogen and oxygen atoms in total. The highest BCUT2D eigenvalue weighted by Gasteiger charge is 2.41. The fourth-order valence-electron chi connectivity index (χ4n) is 3.21. The molecule has 140 valence electrons. The maximum Gasteiger partial charge on any atom is 0.336 e. The summed E-state index contributed by atoms with van der Waals surface area (Å²) < 4.78 is 14.9. The van der Waals surface area contributed by atoms with E-state index in [1.807, 2.05) is 30.3 Å². The van der Waals surface area contributed by atoms with Crippen LogP contribution in [0.25, 0.3) is 11.3 Å². The van der Waals surface area contributed by atoms with Crippen molar-refractivity contribution in [3.05, 3.63) is 58.6 Å². The Labute approximate surface area is 155 Å². The molecule has 1 N–H and O–H groups in total. The van der Waals surface area contributed by atoms with Gasteiger partial charge in [0.05, 0.1) is 31.3 Å². The summed E-state index contributed by atoms with van der Waals surface area (Å²) in [5.74, 6) is -2.01. The lowest BCUT2D eigenvalue weighted by Crippen LogP contribution is -2.32. The van der Waals surface area contributed by atoms with Crippen molar-refractivity contribution in [2.75, 3.05) is 14.2 Å². The highest BCUT2D eigenvalue weighted by atomic mass is 16.6. The lowest BCUT2D eigenvalue weighted by atomic mass is 9.81. The van der Waals surface area contributed by atoms with E-state index in [4.69, 9.17) is 14.1 Å². The van der Waals surface area contributed by atoms with Crippen LogP contribution in [0, 0.1) is 0 Å². The monoisotopic (exact) mass is 369 g/mol. The van der Waals surface area contributed by atoms with Gasteiger partial charge >= 0.3 is 11.9 Å². The number of esters is 2. The van der Waals surface area contributed by atoms with E-state index in [0.717, 1.165) is 5.56 Å². The standard InChI is InChI=1S/C19H19N3O5/c1-10-13(18(23)25-3)15(14(11(2)20-10)19(24)26-4)17-16(21-27-22-17)12-8-6-5-7-9-12/h5-9,15,20H,1-4H3. The fraction of sp³-hybridized carbons (Fsp3) is 0.263. The van der Waals surface area contributed by atoms with Crippen molar-refractivity contribution in [2.24, 2.45) is 0 Å². The minimum Gasteiger partial charge on any atom is -0.466 e. The van der Waals surface area contributed by atoms with Crippen LogP contribution in [0.1, 0.15) is 25.5 Å². The molecule has 8 heteroatoms. The van der Waals surface area contributed by atoms with Gasteiger partial charge in [0.1, 0.15) is 11.4 Å². The lowest BCUT2D eigenvalue weighted by molar-refractivity contribution is -0.137. The zero-order valence-corrected chi connectivity index (χ0v) is 15.4. The summed E-state index contributed by atoms with van der Waals surface area (Å²) in [6.07, 6.45) is 0. The Balaban J connectivity index is 2.25. The molecule has 1 aliphatic rings. The maximum absolute atomic E-state index is 12.5. The third-order valence-corrected chi connectivity index (χ3v) is 4.41. The summed E-state index contributed by atoms with van der Waals surface area (Å²) in [5.41, 5.74) is 3.12. The molecule has 0 saturated carbocycles. The van der Waals surface area contributed by atoms with Crippen LogP contribution in [0.5, 0.6) is 0 Å². The zero-order chi connectivity index (χ0) is 19.6. The summed E-state index contributed by atoms with van der Waals surface area (Å²) in [5, 5.41) is 11.1. The second-order valence-corrected chi connectivity index (χ2v) is 5.98. The summed E-state index contributed by atoms with van der Waals surface area (Å²) in [6, 6.07) is 9.25. The first kappa shape index (κ1) is 18.4. The molecular weight excluding hydrogens is 350 g/mol. The number of nitrogens with one attached hydrogen (secondary N) is 1. The van der Waals surface area contributed by atoms with Crippen LogP contribution in [-0.4, -0.2) is 36.5 Å². The Morgan fingerprint density at radius 1 is 0.963 bits per heavy atom. The molecule has 2 aromatic rings. The average molecular weight is 369 g/mol. The van der Waals surface area contributed by atoms with Crippen LogP contribution in [0.4, 0.5) is 0 Å². The summed E-state index contributed by atoms with van der Waals surface area (Å²) in [6.45, 7) is 3.46. The molecule has 0 saturated heterocycles. The minimum atomic E-state index is -0.840. The molecule has 0 radical (unpaired) electrons. The van der Waals surface area contributed by atoms with E-state index in [0.29, 0.717) is 22.8 Å². The smallest absolute Gasteiger partial charge is 0.336 e. The second-order valence-electron chi connectivity index (χ2n) is 5.98. The maximum atomic E-state index is 12.5. The predicted molar refractivity (Wildman–Crippen MR) is 95.0 cm³/mol. The third-order valence-electron chi connectivity index (χ3n) is 4.41. The Morgan fingerprint density at radius 2 is 1.52 bits per heavy atom. The van der Waals surface area contributed by atoms with Gasteiger partial charge in [-0.2, -0.15) is 0 Å². The molecule has 0 bridgehead atoms. The Bertz CT molecular complexity index is 905. The largest absolute Gasteiger partial charge is 0.466 e. The van der Waals surface area contributed by atoms with Crippen molar-refractivity contribution < 1.29 is 23.7 Å². The number of hydrogen-bond acceptors (Lipinski definition) is 8. The summed E-state index contributed by atoms with van der Waals surface area (Å²) in [7, 11) is 2.56. The molecule has 0 atom stereocenters. The quantitative estimate of drug-likeness (QED) is 0.819. The molecule has 0 fully saturated rings. The van der Waals surface area contributed by atoms with Gasteiger partial charge in [0.2, 0.25) is 0 Å². The van der Waals surface area contributed by atoms with Gasteiger partial charge in [-0.3, -0.25) is 0 Å². The first-order valence-corrected chi connectivity index (χ1v) is 8.22. The van der Waals surface area contributed by atoms with E-state index in [1.165, 1.54) is 14.2 Å². The van der Waals surface area contributed by atoms with Gasteiger partial charge in [0.15, 0.2) is 0 Å². The normalized spacial score (nSPS) is 14.8. The zero-order valence-electron chi connectivity index (χ0n) is 15.4. The minimum absolute atomic E-state index is 0.247. The Kier molecular flexibility index (Phi) is 5.07. The first-order chi connectivity index (χ1) is 13.0. The third kappa shape index (κ3) is 3.21. The van der Waals surface area contributed by atoms with Crippen LogP contribution >= 0.6 is 0 Å². The number of carbonyl (C=O) groups is 2. The number of methoxy groups -OCH3 is 2. The lowest BCUT2D eigenvalue weighted by Gasteiger charge is -2.28. The molecule has 1 aromatic heterocycles. The van der Waals surface area contributed by atoms with Gasteiger partial charge in [-0.1, -0.05) is 35.5 Å². The number of ether oxygens (including phenoxy) is 2. The molecule has 0 amide bonds. The van der Waals surface area contributed by atoms with Crippen molar-refractivity contribution in [1.29, 1.82) is 0 Å². The van der Waals surface area contributed by atoms with Crippen LogP contribution < -0.4 is 5.32 Å². The number of carbonyl (C=O) groups excluding carboxylic acids is 2. The van der Waals surface area contributed by atoms with Gasteiger partial charge in [-0.25, -0.2) is 14.2 Å². The number of hydrogen-bond donors (Lipinski definition) is 1. The number of aromatic nitrogens is 2. The number of nitrogens with zero attached hydrogens (tertiary/aromatic N) is 2. The fourth-order valence-corrected chi connectivity index (χ4v) is 3.21. The highest BCUT2D eigenvalue weighted by Crippen LogP contribution is 2.41. The van der Waals surface area contributed by atoms with Crippen LogP contribution in [0.2, 0.25) is 0 Å². The Morgan fingerprint density at radius 3 is 2.04 bits per heavy atom. The van der Waals surface area contributed by atoms with Crippen LogP contribution in [-0.2, 0) is 19.1 Å². The average Bonchev–Trinajstić information content (AvgIpc) is 3.16. The van der Waals surface area contributed by atoms with Crippen LogP contribution in [0.15, 0.2) is 57.5 Å².